The summed E-state index contributed by atoms with van der Waals surface area (Å²) in [6.07, 6.45) is -0.293. The average molecular weight is 342 g/mol. The number of anilines is 1. The second-order valence-corrected chi connectivity index (χ2v) is 6.90. The highest BCUT2D eigenvalue weighted by Gasteiger charge is 2.21. The lowest BCUT2D eigenvalue weighted by atomic mass is 10.1. The van der Waals surface area contributed by atoms with Gasteiger partial charge in [0.2, 0.25) is 0 Å². The molecule has 0 atom stereocenters. The van der Waals surface area contributed by atoms with Gasteiger partial charge in [-0.15, -0.1) is 0 Å². The molecule has 6 heteroatoms. The number of hydrogen-bond donors (Lipinski definition) is 1. The molecule has 0 spiro atoms. The van der Waals surface area contributed by atoms with Crippen molar-refractivity contribution in [3.63, 3.8) is 0 Å². The van der Waals surface area contributed by atoms with E-state index in [4.69, 9.17) is 22.1 Å². The first-order valence-electron chi connectivity index (χ1n) is 7.85. The van der Waals surface area contributed by atoms with Crippen LogP contribution in [-0.2, 0) is 11.3 Å². The van der Waals surface area contributed by atoms with Crippen molar-refractivity contribution in [1.29, 1.82) is 0 Å². The van der Waals surface area contributed by atoms with Crippen LogP contribution in [0.15, 0.2) is 18.2 Å². The largest absolute Gasteiger partial charge is 0.444 e. The van der Waals surface area contributed by atoms with Gasteiger partial charge in [-0.1, -0.05) is 17.7 Å². The van der Waals surface area contributed by atoms with Crippen LogP contribution in [0.3, 0.4) is 0 Å². The molecule has 0 fully saturated rings. The van der Waals surface area contributed by atoms with E-state index >= 15 is 0 Å². The number of benzene rings is 1. The average Bonchev–Trinajstić information content (AvgIpc) is 2.45. The molecule has 0 unspecified atom stereocenters. The maximum absolute atomic E-state index is 12.2. The minimum atomic E-state index is -0.490. The van der Waals surface area contributed by atoms with Crippen molar-refractivity contribution in [2.45, 2.75) is 39.8 Å². The van der Waals surface area contributed by atoms with Crippen LogP contribution in [0.4, 0.5) is 10.5 Å². The summed E-state index contributed by atoms with van der Waals surface area (Å²) in [5.74, 6) is 0. The van der Waals surface area contributed by atoms with Crippen molar-refractivity contribution < 1.29 is 9.53 Å². The SMILES string of the molecule is CCN(CCN(C)c1cc(Cl)ccc1CN)C(=O)OC(C)(C)C. The lowest BCUT2D eigenvalue weighted by Gasteiger charge is -2.29. The molecule has 0 aromatic heterocycles. The molecule has 0 aliphatic heterocycles. The van der Waals surface area contributed by atoms with E-state index in [1.807, 2.05) is 52.9 Å². The van der Waals surface area contributed by atoms with Crippen LogP contribution in [0, 0.1) is 0 Å². The van der Waals surface area contributed by atoms with Crippen molar-refractivity contribution in [2.75, 3.05) is 31.6 Å². The molecule has 0 bridgehead atoms. The van der Waals surface area contributed by atoms with E-state index in [9.17, 15) is 4.79 Å². The van der Waals surface area contributed by atoms with Crippen LogP contribution in [0.2, 0.25) is 5.02 Å². The summed E-state index contributed by atoms with van der Waals surface area (Å²) in [5, 5.41) is 0.670. The van der Waals surface area contributed by atoms with Gasteiger partial charge in [0.1, 0.15) is 5.60 Å². The van der Waals surface area contributed by atoms with Gasteiger partial charge in [0.15, 0.2) is 0 Å². The van der Waals surface area contributed by atoms with Crippen LogP contribution in [0.1, 0.15) is 33.3 Å². The van der Waals surface area contributed by atoms with Gasteiger partial charge in [-0.05, 0) is 45.4 Å². The summed E-state index contributed by atoms with van der Waals surface area (Å²) in [5.41, 5.74) is 7.31. The third-order valence-electron chi connectivity index (χ3n) is 3.42. The fraction of sp³-hybridized carbons (Fsp3) is 0.588. The van der Waals surface area contributed by atoms with Crippen LogP contribution >= 0.6 is 11.6 Å². The fourth-order valence-corrected chi connectivity index (χ4v) is 2.33. The van der Waals surface area contributed by atoms with Gasteiger partial charge in [0.05, 0.1) is 0 Å². The van der Waals surface area contributed by atoms with Gasteiger partial charge in [-0.3, -0.25) is 0 Å². The summed E-state index contributed by atoms with van der Waals surface area (Å²) in [6, 6.07) is 5.66. The summed E-state index contributed by atoms with van der Waals surface area (Å²) in [7, 11) is 1.97. The smallest absolute Gasteiger partial charge is 0.410 e. The van der Waals surface area contributed by atoms with Crippen LogP contribution in [-0.4, -0.2) is 43.3 Å². The Morgan fingerprint density at radius 1 is 1.30 bits per heavy atom. The van der Waals surface area contributed by atoms with Gasteiger partial charge >= 0.3 is 6.09 Å². The Hall–Kier alpha value is -1.46. The van der Waals surface area contributed by atoms with E-state index in [1.54, 1.807) is 4.90 Å². The first-order valence-corrected chi connectivity index (χ1v) is 8.23. The lowest BCUT2D eigenvalue weighted by Crippen LogP contribution is -2.40. The van der Waals surface area contributed by atoms with Gasteiger partial charge in [-0.25, -0.2) is 4.79 Å². The third-order valence-corrected chi connectivity index (χ3v) is 3.65. The molecule has 5 nitrogen and oxygen atoms in total. The van der Waals surface area contributed by atoms with E-state index in [-0.39, 0.29) is 6.09 Å². The highest BCUT2D eigenvalue weighted by atomic mass is 35.5. The van der Waals surface area contributed by atoms with Crippen LogP contribution < -0.4 is 10.6 Å². The Bertz CT molecular complexity index is 529. The van der Waals surface area contributed by atoms with Gasteiger partial charge in [0, 0.05) is 43.9 Å². The first kappa shape index (κ1) is 19.6. The van der Waals surface area contributed by atoms with Gasteiger partial charge in [0.25, 0.3) is 0 Å². The van der Waals surface area contributed by atoms with Crippen molar-refractivity contribution in [2.24, 2.45) is 5.73 Å². The normalized spacial score (nSPS) is 11.3. The van der Waals surface area contributed by atoms with Crippen LogP contribution in [0.25, 0.3) is 0 Å². The Balaban J connectivity index is 2.72. The quantitative estimate of drug-likeness (QED) is 0.860. The molecule has 1 amide bonds. The second-order valence-electron chi connectivity index (χ2n) is 6.46. The van der Waals surface area contributed by atoms with Crippen molar-refractivity contribution >= 4 is 23.4 Å². The molecule has 0 aliphatic carbocycles. The number of likely N-dealkylation sites (N-methyl/N-ethyl adjacent to an activating group) is 2. The molecule has 2 N–H and O–H groups in total. The molecule has 1 aromatic carbocycles. The molecule has 23 heavy (non-hydrogen) atoms. The minimum Gasteiger partial charge on any atom is -0.444 e. The zero-order valence-corrected chi connectivity index (χ0v) is 15.5. The van der Waals surface area contributed by atoms with E-state index < -0.39 is 5.60 Å². The molecular weight excluding hydrogens is 314 g/mol. The standard InChI is InChI=1S/C17H28ClN3O2/c1-6-21(16(22)23-17(2,3)4)10-9-20(5)15-11-14(18)8-7-13(15)12-19/h7-8,11H,6,9-10,12,19H2,1-5H3. The van der Waals surface area contributed by atoms with Crippen molar-refractivity contribution in [1.82, 2.24) is 4.90 Å². The summed E-state index contributed by atoms with van der Waals surface area (Å²) >= 11 is 6.08. The van der Waals surface area contributed by atoms with E-state index in [0.29, 0.717) is 31.2 Å². The number of carbonyl (C=O) groups excluding carboxylic acids is 1. The first-order chi connectivity index (χ1) is 10.7. The molecule has 0 heterocycles. The fourth-order valence-electron chi connectivity index (χ4n) is 2.16. The number of hydrogen-bond acceptors (Lipinski definition) is 4. The van der Waals surface area contributed by atoms with Gasteiger partial charge in [-0.2, -0.15) is 0 Å². The maximum atomic E-state index is 12.2. The van der Waals surface area contributed by atoms with Crippen molar-refractivity contribution in [3.05, 3.63) is 28.8 Å². The topological polar surface area (TPSA) is 58.8 Å². The molecule has 0 saturated carbocycles. The Morgan fingerprint density at radius 3 is 2.48 bits per heavy atom. The number of halogens is 1. The van der Waals surface area contributed by atoms with E-state index in [2.05, 4.69) is 4.90 Å². The van der Waals surface area contributed by atoms with Crippen LogP contribution in [0.5, 0.6) is 0 Å². The summed E-state index contributed by atoms with van der Waals surface area (Å²) in [4.78, 5) is 15.9. The predicted octanol–water partition coefficient (Wildman–Crippen LogP) is 3.49. The van der Waals surface area contributed by atoms with E-state index in [1.165, 1.54) is 0 Å². The number of ether oxygens (including phenoxy) is 1. The highest BCUT2D eigenvalue weighted by Crippen LogP contribution is 2.23. The molecule has 0 saturated heterocycles. The van der Waals surface area contributed by atoms with Crippen molar-refractivity contribution in [3.8, 4) is 0 Å². The molecular formula is C17H28ClN3O2. The number of carbonyl (C=O) groups is 1. The maximum Gasteiger partial charge on any atom is 0.410 e. The zero-order chi connectivity index (χ0) is 17.6. The number of nitrogens with zero attached hydrogens (tertiary/aromatic N) is 2. The van der Waals surface area contributed by atoms with Gasteiger partial charge < -0.3 is 20.3 Å². The number of nitrogens with two attached hydrogens (primary N) is 1. The Kier molecular flexibility index (Phi) is 7.16. The monoisotopic (exact) mass is 341 g/mol. The molecule has 0 radical (unpaired) electrons. The zero-order valence-electron chi connectivity index (χ0n) is 14.7. The molecule has 0 aliphatic rings. The molecule has 130 valence electrons. The molecule has 1 aromatic rings. The second kappa shape index (κ2) is 8.41. The number of rotatable bonds is 6. The summed E-state index contributed by atoms with van der Waals surface area (Å²) in [6.45, 7) is 9.81. The van der Waals surface area contributed by atoms with E-state index in [0.717, 1.165) is 11.3 Å². The summed E-state index contributed by atoms with van der Waals surface area (Å²) < 4.78 is 5.42. The predicted molar refractivity (Wildman–Crippen MR) is 96.1 cm³/mol. The minimum absolute atomic E-state index is 0.293. The third kappa shape index (κ3) is 6.28. The number of amides is 1. The Labute approximate surface area is 144 Å². The molecule has 1 rings (SSSR count). The highest BCUT2D eigenvalue weighted by molar-refractivity contribution is 6.30. The lowest BCUT2D eigenvalue weighted by molar-refractivity contribution is 0.0265. The Morgan fingerprint density at radius 2 is 1.96 bits per heavy atom.